The van der Waals surface area contributed by atoms with Gasteiger partial charge in [-0.15, -0.1) is 0 Å². The predicted octanol–water partition coefficient (Wildman–Crippen LogP) is 7.17. The zero-order valence-corrected chi connectivity index (χ0v) is 21.0. The molecule has 0 radical (unpaired) electrons. The summed E-state index contributed by atoms with van der Waals surface area (Å²) < 4.78 is 24.1. The Morgan fingerprint density at radius 2 is 1.81 bits per heavy atom. The van der Waals surface area contributed by atoms with E-state index in [1.54, 1.807) is 13.8 Å². The number of hydrogen-bond donors (Lipinski definition) is 1. The molecule has 6 rings (SSSR count). The van der Waals surface area contributed by atoms with Crippen LogP contribution in [0.1, 0.15) is 61.7 Å². The Hall–Kier alpha value is -3.51. The van der Waals surface area contributed by atoms with E-state index in [0.717, 1.165) is 62.1 Å². The number of fused-ring (bicyclic) bond motifs is 3. The molecule has 0 bridgehead atoms. The van der Waals surface area contributed by atoms with Crippen LogP contribution in [0.25, 0.3) is 33.1 Å². The average Bonchev–Trinajstić information content (AvgIpc) is 3.34. The topological polar surface area (TPSA) is 64.1 Å². The van der Waals surface area contributed by atoms with Gasteiger partial charge in [0.1, 0.15) is 11.4 Å². The van der Waals surface area contributed by atoms with Gasteiger partial charge >= 0.3 is 0 Å². The third-order valence-electron chi connectivity index (χ3n) is 7.72. The summed E-state index contributed by atoms with van der Waals surface area (Å²) in [7, 11) is 0. The first-order chi connectivity index (χ1) is 17.2. The van der Waals surface area contributed by atoms with Gasteiger partial charge in [0.2, 0.25) is 0 Å². The van der Waals surface area contributed by atoms with Gasteiger partial charge in [-0.05, 0) is 70.2 Å². The van der Waals surface area contributed by atoms with Crippen molar-refractivity contribution in [2.24, 2.45) is 0 Å². The van der Waals surface area contributed by atoms with Crippen LogP contribution in [0.4, 0.5) is 4.39 Å². The Balaban J connectivity index is 1.72. The highest BCUT2D eigenvalue weighted by Crippen LogP contribution is 2.50. The van der Waals surface area contributed by atoms with E-state index < -0.39 is 17.3 Å². The van der Waals surface area contributed by atoms with Crippen LogP contribution in [-0.2, 0) is 5.60 Å². The molecule has 5 aromatic rings. The van der Waals surface area contributed by atoms with E-state index in [0.29, 0.717) is 12.8 Å². The van der Waals surface area contributed by atoms with E-state index in [1.165, 1.54) is 0 Å². The van der Waals surface area contributed by atoms with E-state index in [9.17, 15) is 5.11 Å². The molecule has 1 aliphatic carbocycles. The molecule has 0 aliphatic heterocycles. The maximum atomic E-state index is 16.6. The monoisotopic (exact) mass is 483 g/mol. The fourth-order valence-corrected chi connectivity index (χ4v) is 5.70. The number of benzene rings is 2. The molecule has 6 heteroatoms. The molecule has 36 heavy (non-hydrogen) atoms. The van der Waals surface area contributed by atoms with Crippen molar-refractivity contribution in [3.8, 4) is 11.1 Å². The van der Waals surface area contributed by atoms with Crippen LogP contribution in [0.3, 0.4) is 0 Å². The molecule has 1 aliphatic rings. The maximum absolute atomic E-state index is 16.6. The second-order valence-corrected chi connectivity index (χ2v) is 10.7. The van der Waals surface area contributed by atoms with Crippen LogP contribution in [0, 0.1) is 13.8 Å². The zero-order valence-electron chi connectivity index (χ0n) is 21.0. The van der Waals surface area contributed by atoms with Crippen molar-refractivity contribution in [3.05, 3.63) is 83.4 Å². The summed E-state index contributed by atoms with van der Waals surface area (Å²) in [5, 5.41) is 15.9. The summed E-state index contributed by atoms with van der Waals surface area (Å²) in [4.78, 5) is 4.89. The number of pyridine rings is 1. The molecule has 0 spiro atoms. The highest BCUT2D eigenvalue weighted by Gasteiger charge is 2.47. The SMILES string of the molecule is Cc1noc(C)c1-c1cnc2c3ccc(C(C)(C)O)cc3n(C(c3ccccc3)C3(F)CCC3)c2c1. The molecule has 5 nitrogen and oxygen atoms in total. The molecule has 3 heterocycles. The zero-order chi connectivity index (χ0) is 25.2. The van der Waals surface area contributed by atoms with Crippen molar-refractivity contribution in [2.75, 3.05) is 0 Å². The molecule has 0 saturated heterocycles. The fourth-order valence-electron chi connectivity index (χ4n) is 5.70. The Morgan fingerprint density at radius 3 is 2.42 bits per heavy atom. The van der Waals surface area contributed by atoms with Gasteiger partial charge in [0, 0.05) is 22.7 Å². The van der Waals surface area contributed by atoms with Crippen LogP contribution >= 0.6 is 0 Å². The molecule has 3 aromatic heterocycles. The second kappa shape index (κ2) is 8.00. The molecule has 184 valence electrons. The standard InChI is InChI=1S/C30H30FN3O2/c1-18-26(19(2)36-33-18)21-15-25-27(32-17-21)23-12-11-22(29(3,4)35)16-24(23)34(25)28(30(31)13-8-14-30)20-9-6-5-7-10-20/h5-7,9-12,15-17,28,35H,8,13-14H2,1-4H3. The minimum atomic E-state index is -1.37. The Labute approximate surface area is 209 Å². The lowest BCUT2D eigenvalue weighted by Crippen LogP contribution is -2.42. The van der Waals surface area contributed by atoms with Gasteiger partial charge in [-0.3, -0.25) is 4.98 Å². The van der Waals surface area contributed by atoms with E-state index in [4.69, 9.17) is 9.51 Å². The molecule has 0 amide bonds. The number of aryl methyl sites for hydroxylation is 2. The Morgan fingerprint density at radius 1 is 1.06 bits per heavy atom. The van der Waals surface area contributed by atoms with Gasteiger partial charge in [0.05, 0.1) is 33.9 Å². The highest BCUT2D eigenvalue weighted by molar-refractivity contribution is 6.07. The largest absolute Gasteiger partial charge is 0.386 e. The van der Waals surface area contributed by atoms with Crippen LogP contribution in [0.15, 0.2) is 65.3 Å². The van der Waals surface area contributed by atoms with Gasteiger partial charge in [0.25, 0.3) is 0 Å². The summed E-state index contributed by atoms with van der Waals surface area (Å²) in [6.07, 6.45) is 3.73. The molecule has 1 saturated carbocycles. The second-order valence-electron chi connectivity index (χ2n) is 10.7. The summed E-state index contributed by atoms with van der Waals surface area (Å²) >= 11 is 0. The third kappa shape index (κ3) is 3.46. The maximum Gasteiger partial charge on any atom is 0.141 e. The van der Waals surface area contributed by atoms with Gasteiger partial charge < -0.3 is 14.2 Å². The summed E-state index contributed by atoms with van der Waals surface area (Å²) in [6.45, 7) is 7.35. The van der Waals surface area contributed by atoms with Gasteiger partial charge in [-0.25, -0.2) is 4.39 Å². The molecular formula is C30H30FN3O2. The van der Waals surface area contributed by atoms with Gasteiger partial charge in [-0.2, -0.15) is 0 Å². The molecular weight excluding hydrogens is 453 g/mol. The highest BCUT2D eigenvalue weighted by atomic mass is 19.1. The third-order valence-corrected chi connectivity index (χ3v) is 7.72. The fraction of sp³-hybridized carbons (Fsp3) is 0.333. The van der Waals surface area contributed by atoms with Crippen molar-refractivity contribution < 1.29 is 14.0 Å². The number of halogens is 1. The lowest BCUT2D eigenvalue weighted by molar-refractivity contribution is 0.0242. The van der Waals surface area contributed by atoms with Crippen molar-refractivity contribution in [3.63, 3.8) is 0 Å². The van der Waals surface area contributed by atoms with E-state index in [1.807, 2.05) is 68.6 Å². The lowest BCUT2D eigenvalue weighted by atomic mass is 9.73. The van der Waals surface area contributed by atoms with Gasteiger partial charge in [-0.1, -0.05) is 47.6 Å². The predicted molar refractivity (Wildman–Crippen MR) is 140 cm³/mol. The van der Waals surface area contributed by atoms with Crippen molar-refractivity contribution in [1.29, 1.82) is 0 Å². The quantitative estimate of drug-likeness (QED) is 0.288. The number of nitrogens with zero attached hydrogens (tertiary/aromatic N) is 3. The minimum Gasteiger partial charge on any atom is -0.386 e. The molecule has 1 N–H and O–H groups in total. The average molecular weight is 484 g/mol. The first-order valence-electron chi connectivity index (χ1n) is 12.5. The Bertz CT molecular complexity index is 1570. The number of aliphatic hydroxyl groups is 1. The van der Waals surface area contributed by atoms with Crippen molar-refractivity contribution >= 4 is 21.9 Å². The molecule has 1 atom stereocenters. The lowest BCUT2D eigenvalue weighted by Gasteiger charge is -2.42. The van der Waals surface area contributed by atoms with Gasteiger partial charge in [0.15, 0.2) is 0 Å². The van der Waals surface area contributed by atoms with Crippen molar-refractivity contribution in [1.82, 2.24) is 14.7 Å². The summed E-state index contributed by atoms with van der Waals surface area (Å²) in [6, 6.07) is 17.4. The molecule has 1 fully saturated rings. The number of alkyl halides is 1. The number of aromatic nitrogens is 3. The van der Waals surface area contributed by atoms with Crippen molar-refractivity contribution in [2.45, 2.75) is 64.3 Å². The van der Waals surface area contributed by atoms with Crippen LogP contribution < -0.4 is 0 Å². The minimum absolute atomic E-state index is 0.510. The first kappa shape index (κ1) is 22.9. The van der Waals surface area contributed by atoms with E-state index >= 15 is 4.39 Å². The van der Waals surface area contributed by atoms with Crippen LogP contribution in [-0.4, -0.2) is 25.5 Å². The summed E-state index contributed by atoms with van der Waals surface area (Å²) in [5.74, 6) is 0.723. The van der Waals surface area contributed by atoms with E-state index in [-0.39, 0.29) is 0 Å². The first-order valence-corrected chi connectivity index (χ1v) is 12.5. The summed E-state index contributed by atoms with van der Waals surface area (Å²) in [5.41, 5.74) is 4.42. The molecule has 2 aromatic carbocycles. The molecule has 1 unspecified atom stereocenters. The number of hydrogen-bond acceptors (Lipinski definition) is 4. The smallest absolute Gasteiger partial charge is 0.141 e. The normalized spacial score (nSPS) is 16.4. The van der Waals surface area contributed by atoms with Crippen LogP contribution in [0.2, 0.25) is 0 Å². The van der Waals surface area contributed by atoms with E-state index in [2.05, 4.69) is 15.8 Å². The number of rotatable bonds is 5. The van der Waals surface area contributed by atoms with Crippen LogP contribution in [0.5, 0.6) is 0 Å². The Kier molecular flexibility index (Phi) is 5.09.